The molecule has 0 radical (unpaired) electrons. The number of hydrogen-bond donors (Lipinski definition) is 2. The van der Waals surface area contributed by atoms with E-state index in [1.165, 1.54) is 4.88 Å². The number of aryl methyl sites for hydroxylation is 1. The van der Waals surface area contributed by atoms with Crippen molar-refractivity contribution >= 4 is 29.1 Å². The van der Waals surface area contributed by atoms with Crippen molar-refractivity contribution < 1.29 is 19.1 Å². The van der Waals surface area contributed by atoms with Gasteiger partial charge in [0.25, 0.3) is 5.91 Å². The molecule has 1 aliphatic rings. The predicted octanol–water partition coefficient (Wildman–Crippen LogP) is 3.47. The van der Waals surface area contributed by atoms with Crippen LogP contribution < -0.4 is 5.32 Å². The van der Waals surface area contributed by atoms with Crippen molar-refractivity contribution in [3.63, 3.8) is 0 Å². The summed E-state index contributed by atoms with van der Waals surface area (Å²) in [4.78, 5) is 44.0. The number of piperidine rings is 1. The summed E-state index contributed by atoms with van der Waals surface area (Å²) in [5.41, 5.74) is 2.09. The predicted molar refractivity (Wildman–Crippen MR) is 120 cm³/mol. The van der Waals surface area contributed by atoms with Crippen molar-refractivity contribution in [2.24, 2.45) is 5.92 Å². The zero-order valence-corrected chi connectivity index (χ0v) is 19.4. The lowest BCUT2D eigenvalue weighted by Crippen LogP contribution is -2.43. The second-order valence-electron chi connectivity index (χ2n) is 8.27. The number of H-pyrrole nitrogens is 1. The summed E-state index contributed by atoms with van der Waals surface area (Å²) >= 11 is 1.69. The molecule has 3 rings (SSSR count). The third-order valence-electron chi connectivity index (χ3n) is 5.60. The first-order valence-electron chi connectivity index (χ1n) is 10.8. The Morgan fingerprint density at radius 3 is 2.58 bits per heavy atom. The fourth-order valence-electron chi connectivity index (χ4n) is 3.95. The highest BCUT2D eigenvalue weighted by molar-refractivity contribution is 7.09. The minimum Gasteiger partial charge on any atom is -0.459 e. The Morgan fingerprint density at radius 2 is 1.97 bits per heavy atom. The number of nitrogens with one attached hydrogen (secondary N) is 2. The van der Waals surface area contributed by atoms with E-state index in [9.17, 15) is 14.4 Å². The van der Waals surface area contributed by atoms with Gasteiger partial charge in [-0.15, -0.1) is 11.3 Å². The molecule has 0 bridgehead atoms. The molecule has 2 amide bonds. The number of nitrogens with zero attached hydrogens (tertiary/aromatic N) is 1. The van der Waals surface area contributed by atoms with E-state index in [1.54, 1.807) is 43.9 Å². The topological polar surface area (TPSA) is 91.5 Å². The fourth-order valence-corrected chi connectivity index (χ4v) is 4.66. The number of ether oxygens (including phenoxy) is 1. The third kappa shape index (κ3) is 5.55. The van der Waals surface area contributed by atoms with Crippen LogP contribution in [0.5, 0.6) is 0 Å². The molecule has 2 N–H and O–H groups in total. The molecule has 168 valence electrons. The first-order chi connectivity index (χ1) is 14.8. The highest BCUT2D eigenvalue weighted by Gasteiger charge is 2.31. The van der Waals surface area contributed by atoms with Gasteiger partial charge in [-0.2, -0.15) is 0 Å². The lowest BCUT2D eigenvalue weighted by Gasteiger charge is -2.31. The maximum atomic E-state index is 13.1. The Labute approximate surface area is 187 Å². The molecular formula is C23H31N3O4S. The maximum Gasteiger partial charge on any atom is 0.340 e. The molecular weight excluding hydrogens is 414 g/mol. The van der Waals surface area contributed by atoms with Gasteiger partial charge < -0.3 is 19.9 Å². The normalized spacial score (nSPS) is 14.7. The largest absolute Gasteiger partial charge is 0.459 e. The van der Waals surface area contributed by atoms with Gasteiger partial charge in [0.1, 0.15) is 5.69 Å². The van der Waals surface area contributed by atoms with E-state index in [0.29, 0.717) is 55.0 Å². The van der Waals surface area contributed by atoms with Crippen LogP contribution in [0.25, 0.3) is 0 Å². The molecule has 8 heteroatoms. The van der Waals surface area contributed by atoms with Crippen LogP contribution >= 0.6 is 11.3 Å². The van der Waals surface area contributed by atoms with Gasteiger partial charge in [0.15, 0.2) is 0 Å². The van der Waals surface area contributed by atoms with Crippen LogP contribution in [0.1, 0.15) is 63.7 Å². The third-order valence-corrected chi connectivity index (χ3v) is 6.54. The SMILES string of the molecule is Cc1[nH]c(C(=O)N2CCC(C(=O)NCCc3cccs3)CC2)c(C)c1C(=O)OC(C)C. The van der Waals surface area contributed by atoms with E-state index < -0.39 is 5.97 Å². The summed E-state index contributed by atoms with van der Waals surface area (Å²) in [5, 5.41) is 5.06. The Balaban J connectivity index is 1.54. The second kappa shape index (κ2) is 10.1. The van der Waals surface area contributed by atoms with Crippen molar-refractivity contribution in [3.8, 4) is 0 Å². The monoisotopic (exact) mass is 445 g/mol. The molecule has 2 aromatic rings. The lowest BCUT2D eigenvalue weighted by atomic mass is 9.95. The molecule has 2 aromatic heterocycles. The zero-order chi connectivity index (χ0) is 22.5. The van der Waals surface area contributed by atoms with Crippen molar-refractivity contribution in [1.29, 1.82) is 0 Å². The lowest BCUT2D eigenvalue weighted by molar-refractivity contribution is -0.126. The van der Waals surface area contributed by atoms with Gasteiger partial charge in [-0.25, -0.2) is 4.79 Å². The van der Waals surface area contributed by atoms with Crippen molar-refractivity contribution in [2.45, 2.75) is 53.1 Å². The fraction of sp³-hybridized carbons (Fsp3) is 0.522. The van der Waals surface area contributed by atoms with E-state index in [0.717, 1.165) is 6.42 Å². The molecule has 0 spiro atoms. The van der Waals surface area contributed by atoms with Gasteiger partial charge in [0.2, 0.25) is 5.91 Å². The van der Waals surface area contributed by atoms with Gasteiger partial charge in [-0.3, -0.25) is 9.59 Å². The Kier molecular flexibility index (Phi) is 7.54. The molecule has 31 heavy (non-hydrogen) atoms. The number of hydrogen-bond acceptors (Lipinski definition) is 5. The zero-order valence-electron chi connectivity index (χ0n) is 18.6. The van der Waals surface area contributed by atoms with Crippen LogP contribution in [0, 0.1) is 19.8 Å². The van der Waals surface area contributed by atoms with Crippen LogP contribution in [-0.4, -0.2) is 53.4 Å². The van der Waals surface area contributed by atoms with Gasteiger partial charge in [-0.05, 0) is 64.0 Å². The first kappa shape index (κ1) is 23.1. The summed E-state index contributed by atoms with van der Waals surface area (Å²) in [6.45, 7) is 8.80. The first-order valence-corrected chi connectivity index (χ1v) is 11.7. The molecule has 7 nitrogen and oxygen atoms in total. The van der Waals surface area contributed by atoms with Crippen molar-refractivity contribution in [3.05, 3.63) is 44.9 Å². The average molecular weight is 446 g/mol. The quantitative estimate of drug-likeness (QED) is 0.639. The number of rotatable bonds is 7. The number of carbonyl (C=O) groups is 3. The van der Waals surface area contributed by atoms with Crippen LogP contribution in [0.3, 0.4) is 0 Å². The van der Waals surface area contributed by atoms with E-state index in [1.807, 2.05) is 11.4 Å². The number of esters is 1. The van der Waals surface area contributed by atoms with Gasteiger partial charge in [-0.1, -0.05) is 6.07 Å². The number of likely N-dealkylation sites (tertiary alicyclic amines) is 1. The summed E-state index contributed by atoms with van der Waals surface area (Å²) in [7, 11) is 0. The summed E-state index contributed by atoms with van der Waals surface area (Å²) in [6, 6.07) is 4.08. The minimum atomic E-state index is -0.418. The highest BCUT2D eigenvalue weighted by atomic mass is 32.1. The highest BCUT2D eigenvalue weighted by Crippen LogP contribution is 2.24. The maximum absolute atomic E-state index is 13.1. The molecule has 0 aliphatic carbocycles. The van der Waals surface area contributed by atoms with Gasteiger partial charge in [0, 0.05) is 36.1 Å². The van der Waals surface area contributed by atoms with Crippen LogP contribution in [0.4, 0.5) is 0 Å². The molecule has 1 saturated heterocycles. The number of carbonyl (C=O) groups excluding carboxylic acids is 3. The smallest absolute Gasteiger partial charge is 0.340 e. The van der Waals surface area contributed by atoms with Gasteiger partial charge >= 0.3 is 5.97 Å². The standard InChI is InChI=1S/C23H31N3O4S/c1-14(2)30-23(29)19-15(3)20(25-16(19)4)22(28)26-11-8-17(9-12-26)21(27)24-10-7-18-6-5-13-31-18/h5-6,13-14,17,25H,7-12H2,1-4H3,(H,24,27). The molecule has 0 aromatic carbocycles. The molecule has 0 saturated carbocycles. The molecule has 1 aliphatic heterocycles. The number of thiophene rings is 1. The van der Waals surface area contributed by atoms with E-state index >= 15 is 0 Å². The summed E-state index contributed by atoms with van der Waals surface area (Å²) in [5.74, 6) is -0.566. The number of amides is 2. The number of aromatic nitrogens is 1. The second-order valence-corrected chi connectivity index (χ2v) is 9.30. The Hall–Kier alpha value is -2.61. The number of aromatic amines is 1. The van der Waals surface area contributed by atoms with Crippen LogP contribution in [0.2, 0.25) is 0 Å². The van der Waals surface area contributed by atoms with Crippen molar-refractivity contribution in [2.75, 3.05) is 19.6 Å². The molecule has 0 unspecified atom stereocenters. The van der Waals surface area contributed by atoms with E-state index in [2.05, 4.69) is 16.4 Å². The van der Waals surface area contributed by atoms with Crippen LogP contribution in [-0.2, 0) is 16.0 Å². The molecule has 3 heterocycles. The Bertz CT molecular complexity index is 925. The Morgan fingerprint density at radius 1 is 1.26 bits per heavy atom. The summed E-state index contributed by atoms with van der Waals surface area (Å²) < 4.78 is 5.31. The summed E-state index contributed by atoms with van der Waals surface area (Å²) in [6.07, 6.45) is 1.89. The molecule has 1 fully saturated rings. The van der Waals surface area contributed by atoms with E-state index in [-0.39, 0.29) is 23.8 Å². The minimum absolute atomic E-state index is 0.0641. The van der Waals surface area contributed by atoms with E-state index in [4.69, 9.17) is 4.74 Å². The van der Waals surface area contributed by atoms with Crippen LogP contribution in [0.15, 0.2) is 17.5 Å². The van der Waals surface area contributed by atoms with Crippen molar-refractivity contribution in [1.82, 2.24) is 15.2 Å². The average Bonchev–Trinajstić information content (AvgIpc) is 3.34. The molecule has 0 atom stereocenters. The van der Waals surface area contributed by atoms with Gasteiger partial charge in [0.05, 0.1) is 11.7 Å².